The molecule has 0 saturated heterocycles. The lowest BCUT2D eigenvalue weighted by molar-refractivity contribution is -0.123. The van der Waals surface area contributed by atoms with Gasteiger partial charge in [-0.05, 0) is 60.9 Å². The Morgan fingerprint density at radius 1 is 1.27 bits per heavy atom. The normalized spacial score (nSPS) is 30.5. The molecule has 4 rings (SSSR count). The van der Waals surface area contributed by atoms with E-state index in [1.807, 2.05) is 13.0 Å². The highest BCUT2D eigenvalue weighted by atomic mass is 19.1. The van der Waals surface area contributed by atoms with Crippen molar-refractivity contribution in [3.63, 3.8) is 0 Å². The van der Waals surface area contributed by atoms with E-state index in [0.717, 1.165) is 22.4 Å². The van der Waals surface area contributed by atoms with Gasteiger partial charge in [0.2, 0.25) is 0 Å². The fourth-order valence-corrected chi connectivity index (χ4v) is 4.80. The van der Waals surface area contributed by atoms with E-state index in [0.29, 0.717) is 12.0 Å². The van der Waals surface area contributed by atoms with Crippen LogP contribution in [0.15, 0.2) is 58.8 Å². The molecule has 6 heteroatoms. The lowest BCUT2D eigenvalue weighted by atomic mass is 9.59. The molecule has 30 heavy (non-hydrogen) atoms. The van der Waals surface area contributed by atoms with Gasteiger partial charge in [-0.3, -0.25) is 4.79 Å². The zero-order chi connectivity index (χ0) is 21.8. The van der Waals surface area contributed by atoms with Crippen LogP contribution in [0, 0.1) is 17.2 Å². The van der Waals surface area contributed by atoms with Gasteiger partial charge in [-0.15, -0.1) is 0 Å². The molecule has 1 amide bonds. The van der Waals surface area contributed by atoms with Gasteiger partial charge in [-0.25, -0.2) is 9.18 Å². The summed E-state index contributed by atoms with van der Waals surface area (Å²) < 4.78 is 24.8. The Kier molecular flexibility index (Phi) is 4.93. The van der Waals surface area contributed by atoms with Gasteiger partial charge in [0.15, 0.2) is 0 Å². The van der Waals surface area contributed by atoms with Gasteiger partial charge in [-0.2, -0.15) is 0 Å². The van der Waals surface area contributed by atoms with E-state index in [1.54, 1.807) is 19.1 Å². The first kappa shape index (κ1) is 20.5. The first-order valence-electron chi connectivity index (χ1n) is 10.1. The van der Waals surface area contributed by atoms with Crippen LogP contribution in [0.5, 0.6) is 0 Å². The van der Waals surface area contributed by atoms with Gasteiger partial charge in [0, 0.05) is 36.8 Å². The number of hydrogen-bond acceptors (Lipinski definition) is 4. The van der Waals surface area contributed by atoms with E-state index >= 15 is 0 Å². The first-order chi connectivity index (χ1) is 14.2. The molecule has 0 N–H and O–H groups in total. The minimum Gasteiger partial charge on any atom is -0.455 e. The zero-order valence-corrected chi connectivity index (χ0v) is 17.9. The van der Waals surface area contributed by atoms with Crippen LogP contribution in [0.2, 0.25) is 0 Å². The minimum absolute atomic E-state index is 0.0225. The molecule has 0 bridgehead atoms. The van der Waals surface area contributed by atoms with Gasteiger partial charge in [0.05, 0.1) is 5.56 Å². The average molecular weight is 411 g/mol. The van der Waals surface area contributed by atoms with Gasteiger partial charge >= 0.3 is 5.97 Å². The number of hydrogen-bond donors (Lipinski definition) is 0. The summed E-state index contributed by atoms with van der Waals surface area (Å²) in [6.07, 6.45) is 3.83. The predicted molar refractivity (Wildman–Crippen MR) is 110 cm³/mol. The third kappa shape index (κ3) is 3.01. The summed E-state index contributed by atoms with van der Waals surface area (Å²) >= 11 is 0. The number of nitrogens with zero attached hydrogens (tertiary/aromatic N) is 1. The lowest BCUT2D eigenvalue weighted by Crippen LogP contribution is -2.49. The molecule has 0 spiro atoms. The van der Waals surface area contributed by atoms with Crippen molar-refractivity contribution in [2.75, 3.05) is 14.2 Å². The fraction of sp³-hybridized carbons (Fsp3) is 0.417. The number of fused-ring (bicyclic) bond motifs is 2. The number of carbonyl (C=O) groups excluding carboxylic acids is 2. The van der Waals surface area contributed by atoms with Crippen molar-refractivity contribution in [2.24, 2.45) is 11.3 Å². The van der Waals surface area contributed by atoms with E-state index in [4.69, 9.17) is 9.47 Å². The number of benzene rings is 1. The van der Waals surface area contributed by atoms with Crippen molar-refractivity contribution in [2.45, 2.75) is 39.4 Å². The number of ether oxygens (including phenoxy) is 2. The number of allylic oxidation sites excluding steroid dienone is 3. The summed E-state index contributed by atoms with van der Waals surface area (Å²) in [6, 6.07) is 5.31. The zero-order valence-electron chi connectivity index (χ0n) is 17.9. The number of rotatable bonds is 3. The second-order valence-corrected chi connectivity index (χ2v) is 8.58. The standard InChI is InChI=1S/C24H26FNO4/c1-13-18-12-24(3)14(2)21(30-23(28)15-6-8-17(25)9-7-15)20(29-5)11-16(24)10-19(18)26(4)22(13)27/h6-11,14,20-21H,12H2,1-5H3. The highest BCUT2D eigenvalue weighted by Gasteiger charge is 2.51. The Balaban J connectivity index is 1.69. The quantitative estimate of drug-likeness (QED) is 0.705. The van der Waals surface area contributed by atoms with Crippen molar-refractivity contribution < 1.29 is 23.5 Å². The largest absolute Gasteiger partial charge is 0.455 e. The molecule has 0 fully saturated rings. The summed E-state index contributed by atoms with van der Waals surface area (Å²) in [5.41, 5.74) is 3.83. The van der Waals surface area contributed by atoms with E-state index in [1.165, 1.54) is 24.3 Å². The topological polar surface area (TPSA) is 55.8 Å². The van der Waals surface area contributed by atoms with Crippen LogP contribution >= 0.6 is 0 Å². The van der Waals surface area contributed by atoms with Crippen LogP contribution in [0.4, 0.5) is 4.39 Å². The van der Waals surface area contributed by atoms with Crippen molar-refractivity contribution in [1.29, 1.82) is 0 Å². The second-order valence-electron chi connectivity index (χ2n) is 8.58. The average Bonchev–Trinajstić information content (AvgIpc) is 2.93. The third-order valence-corrected chi connectivity index (χ3v) is 7.00. The monoisotopic (exact) mass is 411 g/mol. The lowest BCUT2D eigenvalue weighted by Gasteiger charge is -2.48. The van der Waals surface area contributed by atoms with Crippen molar-refractivity contribution in [3.8, 4) is 0 Å². The SMILES string of the molecule is COC1C=C2C=C3C(=C(C)C(=O)N3C)CC2(C)C(C)C1OC(=O)c1ccc(F)cc1. The predicted octanol–water partition coefficient (Wildman–Crippen LogP) is 4.02. The van der Waals surface area contributed by atoms with Gasteiger partial charge in [-0.1, -0.05) is 13.8 Å². The number of esters is 1. The molecule has 4 unspecified atom stereocenters. The van der Waals surface area contributed by atoms with Crippen LogP contribution in [-0.4, -0.2) is 43.1 Å². The van der Waals surface area contributed by atoms with Gasteiger partial charge in [0.25, 0.3) is 5.91 Å². The summed E-state index contributed by atoms with van der Waals surface area (Å²) in [6.45, 7) is 6.06. The van der Waals surface area contributed by atoms with Crippen LogP contribution in [0.3, 0.4) is 0 Å². The van der Waals surface area contributed by atoms with Crippen LogP contribution in [0.25, 0.3) is 0 Å². The molecule has 1 aromatic carbocycles. The van der Waals surface area contributed by atoms with Crippen LogP contribution < -0.4 is 0 Å². The van der Waals surface area contributed by atoms with Crippen LogP contribution in [0.1, 0.15) is 37.6 Å². The molecule has 1 aliphatic heterocycles. The van der Waals surface area contributed by atoms with E-state index in [-0.39, 0.29) is 17.2 Å². The number of likely N-dealkylation sites (N-methyl/N-ethyl adjacent to an activating group) is 1. The second kappa shape index (κ2) is 7.20. The maximum Gasteiger partial charge on any atom is 0.338 e. The highest BCUT2D eigenvalue weighted by Crippen LogP contribution is 2.54. The Morgan fingerprint density at radius 3 is 2.57 bits per heavy atom. The van der Waals surface area contributed by atoms with Crippen LogP contribution in [-0.2, 0) is 14.3 Å². The number of halogens is 1. The first-order valence-corrected chi connectivity index (χ1v) is 10.1. The summed E-state index contributed by atoms with van der Waals surface area (Å²) in [5, 5.41) is 0. The molecular formula is C24H26FNO4. The summed E-state index contributed by atoms with van der Waals surface area (Å²) in [5.74, 6) is -0.954. The fourth-order valence-electron chi connectivity index (χ4n) is 4.80. The molecule has 0 radical (unpaired) electrons. The van der Waals surface area contributed by atoms with E-state index < -0.39 is 24.0 Å². The Morgan fingerprint density at radius 2 is 1.93 bits per heavy atom. The smallest absolute Gasteiger partial charge is 0.338 e. The molecule has 1 aromatic rings. The van der Waals surface area contributed by atoms with Gasteiger partial charge in [0.1, 0.15) is 18.0 Å². The maximum absolute atomic E-state index is 13.2. The number of methoxy groups -OCH3 is 1. The highest BCUT2D eigenvalue weighted by molar-refractivity contribution is 6.00. The van der Waals surface area contributed by atoms with Crippen molar-refractivity contribution in [1.82, 2.24) is 4.90 Å². The third-order valence-electron chi connectivity index (χ3n) is 7.00. The molecule has 1 heterocycles. The van der Waals surface area contributed by atoms with Crippen molar-refractivity contribution >= 4 is 11.9 Å². The molecule has 0 saturated carbocycles. The Labute approximate surface area is 175 Å². The molecule has 0 aromatic heterocycles. The maximum atomic E-state index is 13.2. The van der Waals surface area contributed by atoms with E-state index in [2.05, 4.69) is 19.9 Å². The summed E-state index contributed by atoms with van der Waals surface area (Å²) in [7, 11) is 3.38. The Bertz CT molecular complexity index is 1010. The molecule has 4 atom stereocenters. The molecular weight excluding hydrogens is 385 g/mol. The molecule has 158 valence electrons. The van der Waals surface area contributed by atoms with Crippen molar-refractivity contribution in [3.05, 3.63) is 70.2 Å². The summed E-state index contributed by atoms with van der Waals surface area (Å²) in [4.78, 5) is 26.9. The van der Waals surface area contributed by atoms with E-state index in [9.17, 15) is 14.0 Å². The molecule has 2 aliphatic carbocycles. The molecule has 5 nitrogen and oxygen atoms in total. The molecule has 3 aliphatic rings. The number of amides is 1. The number of carbonyl (C=O) groups is 2. The minimum atomic E-state index is -0.507. The Hall–Kier alpha value is -2.73. The van der Waals surface area contributed by atoms with Gasteiger partial charge < -0.3 is 14.4 Å².